The number of rotatable bonds is 2. The number of carbonyl (C=O) groups excluding carboxylic acids is 1. The van der Waals surface area contributed by atoms with E-state index in [2.05, 4.69) is 33.1 Å². The number of carbonyl (C=O) groups is 1. The zero-order valence-corrected chi connectivity index (χ0v) is 10.4. The molecule has 1 aromatic rings. The van der Waals surface area contributed by atoms with E-state index < -0.39 is 0 Å². The van der Waals surface area contributed by atoms with Crippen LogP contribution in [0.4, 0.5) is 4.39 Å². The third-order valence-electron chi connectivity index (χ3n) is 1.78. The summed E-state index contributed by atoms with van der Waals surface area (Å²) in [5, 5.41) is 2.61. The van der Waals surface area contributed by atoms with Crippen LogP contribution in [0.5, 0.6) is 0 Å². The van der Waals surface area contributed by atoms with Gasteiger partial charge in [-0.2, -0.15) is 0 Å². The number of nitrogens with one attached hydrogen (secondary N) is 1. The van der Waals surface area contributed by atoms with Gasteiger partial charge in [0.1, 0.15) is 5.82 Å². The van der Waals surface area contributed by atoms with Gasteiger partial charge in [0.15, 0.2) is 0 Å². The van der Waals surface area contributed by atoms with E-state index in [4.69, 9.17) is 0 Å². The van der Waals surface area contributed by atoms with Crippen LogP contribution in [0.15, 0.2) is 22.7 Å². The van der Waals surface area contributed by atoms with Gasteiger partial charge in [-0.25, -0.2) is 4.39 Å². The second kappa shape index (κ2) is 6.29. The molecule has 0 aliphatic rings. The van der Waals surface area contributed by atoms with E-state index in [0.29, 0.717) is 18.5 Å². The normalized spacial score (nSPS) is 9.19. The van der Waals surface area contributed by atoms with Gasteiger partial charge in [-0.05, 0) is 18.2 Å². The first-order valence-corrected chi connectivity index (χ1v) is 5.57. The minimum Gasteiger partial charge on any atom is -0.355 e. The third-order valence-corrected chi connectivity index (χ3v) is 2.27. The van der Waals surface area contributed by atoms with E-state index in [1.807, 2.05) is 0 Å². The van der Waals surface area contributed by atoms with Gasteiger partial charge in [0.2, 0.25) is 5.91 Å². The summed E-state index contributed by atoms with van der Waals surface area (Å²) >= 11 is 3.25. The molecule has 4 heteroatoms. The Hall–Kier alpha value is -1.34. The summed E-state index contributed by atoms with van der Waals surface area (Å²) in [5.41, 5.74) is 0.359. The van der Waals surface area contributed by atoms with E-state index in [9.17, 15) is 9.18 Å². The predicted octanol–water partition coefficient (Wildman–Crippen LogP) is 2.47. The highest BCUT2D eigenvalue weighted by atomic mass is 79.9. The lowest BCUT2D eigenvalue weighted by atomic mass is 10.2. The van der Waals surface area contributed by atoms with Crippen molar-refractivity contribution in [2.75, 3.05) is 6.54 Å². The van der Waals surface area contributed by atoms with Crippen LogP contribution in [0.25, 0.3) is 0 Å². The van der Waals surface area contributed by atoms with Crippen molar-refractivity contribution in [3.8, 4) is 11.8 Å². The first kappa shape index (κ1) is 12.7. The minimum absolute atomic E-state index is 0.0876. The summed E-state index contributed by atoms with van der Waals surface area (Å²) < 4.78 is 14.0. The Balaban J connectivity index is 2.56. The molecule has 0 atom stereocenters. The van der Waals surface area contributed by atoms with E-state index in [1.165, 1.54) is 13.0 Å². The quantitative estimate of drug-likeness (QED) is 0.656. The molecule has 0 aliphatic carbocycles. The molecule has 84 valence electrons. The topological polar surface area (TPSA) is 29.1 Å². The van der Waals surface area contributed by atoms with Gasteiger partial charge in [0.25, 0.3) is 0 Å². The van der Waals surface area contributed by atoms with Gasteiger partial charge < -0.3 is 5.32 Å². The van der Waals surface area contributed by atoms with Crippen molar-refractivity contribution in [3.63, 3.8) is 0 Å². The van der Waals surface area contributed by atoms with Crippen molar-refractivity contribution >= 4 is 21.8 Å². The van der Waals surface area contributed by atoms with E-state index in [0.717, 1.165) is 4.47 Å². The maximum atomic E-state index is 13.2. The fourth-order valence-electron chi connectivity index (χ4n) is 1.05. The summed E-state index contributed by atoms with van der Waals surface area (Å²) in [6.45, 7) is 1.93. The van der Waals surface area contributed by atoms with Crippen molar-refractivity contribution in [1.82, 2.24) is 5.32 Å². The maximum absolute atomic E-state index is 13.2. The summed E-state index contributed by atoms with van der Waals surface area (Å²) in [4.78, 5) is 10.6. The molecule has 0 heterocycles. The van der Waals surface area contributed by atoms with Crippen molar-refractivity contribution < 1.29 is 9.18 Å². The van der Waals surface area contributed by atoms with Gasteiger partial charge in [0, 0.05) is 24.4 Å². The van der Waals surface area contributed by atoms with Crippen LogP contribution in [0.1, 0.15) is 18.9 Å². The fourth-order valence-corrected chi connectivity index (χ4v) is 1.41. The first-order chi connectivity index (χ1) is 7.59. The fraction of sp³-hybridized carbons (Fsp3) is 0.250. The number of hydrogen-bond donors (Lipinski definition) is 1. The first-order valence-electron chi connectivity index (χ1n) is 4.78. The van der Waals surface area contributed by atoms with Crippen LogP contribution in [0.3, 0.4) is 0 Å². The molecule has 0 spiro atoms. The minimum atomic E-state index is -0.338. The Bertz CT molecular complexity index is 448. The molecule has 0 unspecified atom stereocenters. The Morgan fingerprint density at radius 1 is 1.56 bits per heavy atom. The van der Waals surface area contributed by atoms with Crippen LogP contribution in [-0.2, 0) is 4.79 Å². The van der Waals surface area contributed by atoms with Gasteiger partial charge >= 0.3 is 0 Å². The number of hydrogen-bond acceptors (Lipinski definition) is 1. The monoisotopic (exact) mass is 283 g/mol. The molecular formula is C12H11BrFNO. The molecule has 2 nitrogen and oxygen atoms in total. The largest absolute Gasteiger partial charge is 0.355 e. The van der Waals surface area contributed by atoms with Gasteiger partial charge in [-0.15, -0.1) is 0 Å². The Morgan fingerprint density at radius 3 is 3.00 bits per heavy atom. The molecule has 1 rings (SSSR count). The van der Waals surface area contributed by atoms with Crippen molar-refractivity contribution in [1.29, 1.82) is 0 Å². The smallest absolute Gasteiger partial charge is 0.216 e. The number of amides is 1. The standard InChI is InChI=1S/C12H11BrFNO/c1-9(16)15-7-3-2-4-10-8-11(13)5-6-12(10)14/h5-6,8H,3,7H2,1H3,(H,15,16). The summed E-state index contributed by atoms with van der Waals surface area (Å²) in [7, 11) is 0. The molecular weight excluding hydrogens is 273 g/mol. The summed E-state index contributed by atoms with van der Waals surface area (Å²) in [5.74, 6) is 5.10. The molecule has 0 fully saturated rings. The highest BCUT2D eigenvalue weighted by molar-refractivity contribution is 9.10. The van der Waals surface area contributed by atoms with Crippen LogP contribution < -0.4 is 5.32 Å². The molecule has 0 saturated heterocycles. The van der Waals surface area contributed by atoms with E-state index >= 15 is 0 Å². The van der Waals surface area contributed by atoms with Crippen molar-refractivity contribution in [2.24, 2.45) is 0 Å². The average molecular weight is 284 g/mol. The van der Waals surface area contributed by atoms with Gasteiger partial charge in [-0.3, -0.25) is 4.79 Å². The summed E-state index contributed by atoms with van der Waals surface area (Å²) in [6.07, 6.45) is 0.505. The maximum Gasteiger partial charge on any atom is 0.216 e. The molecule has 1 aromatic carbocycles. The molecule has 1 amide bonds. The van der Waals surface area contributed by atoms with Gasteiger partial charge in [-0.1, -0.05) is 27.8 Å². The third kappa shape index (κ3) is 4.45. The molecule has 0 aromatic heterocycles. The van der Waals surface area contributed by atoms with E-state index in [1.54, 1.807) is 12.1 Å². The van der Waals surface area contributed by atoms with Crippen LogP contribution in [0, 0.1) is 17.7 Å². The van der Waals surface area contributed by atoms with Crippen LogP contribution in [0.2, 0.25) is 0 Å². The Kier molecular flexibility index (Phi) is 5.00. The van der Waals surface area contributed by atoms with Crippen molar-refractivity contribution in [3.05, 3.63) is 34.1 Å². The zero-order chi connectivity index (χ0) is 12.0. The second-order valence-electron chi connectivity index (χ2n) is 3.16. The molecule has 0 saturated carbocycles. The van der Waals surface area contributed by atoms with E-state index in [-0.39, 0.29) is 11.7 Å². The predicted molar refractivity (Wildman–Crippen MR) is 64.3 cm³/mol. The lowest BCUT2D eigenvalue weighted by Crippen LogP contribution is -2.20. The lowest BCUT2D eigenvalue weighted by Gasteiger charge is -1.96. The molecule has 0 radical (unpaired) electrons. The van der Waals surface area contributed by atoms with Crippen LogP contribution >= 0.6 is 15.9 Å². The highest BCUT2D eigenvalue weighted by Crippen LogP contribution is 2.14. The molecule has 1 N–H and O–H groups in total. The molecule has 16 heavy (non-hydrogen) atoms. The number of benzene rings is 1. The van der Waals surface area contributed by atoms with Crippen LogP contribution in [-0.4, -0.2) is 12.5 Å². The highest BCUT2D eigenvalue weighted by Gasteiger charge is 1.98. The van der Waals surface area contributed by atoms with Crippen molar-refractivity contribution in [2.45, 2.75) is 13.3 Å². The average Bonchev–Trinajstić information content (AvgIpc) is 2.22. The second-order valence-corrected chi connectivity index (χ2v) is 4.07. The summed E-state index contributed by atoms with van der Waals surface area (Å²) in [6, 6.07) is 4.61. The lowest BCUT2D eigenvalue weighted by molar-refractivity contribution is -0.118. The molecule has 0 aliphatic heterocycles. The van der Waals surface area contributed by atoms with Gasteiger partial charge in [0.05, 0.1) is 5.56 Å². The SMILES string of the molecule is CC(=O)NCCC#Cc1cc(Br)ccc1F. The molecule has 0 bridgehead atoms. The number of halogens is 2. The Morgan fingerprint density at radius 2 is 2.31 bits per heavy atom. The zero-order valence-electron chi connectivity index (χ0n) is 8.81. The Labute approximate surface area is 102 Å².